The van der Waals surface area contributed by atoms with Gasteiger partial charge in [-0.2, -0.15) is 5.26 Å². The lowest BCUT2D eigenvalue weighted by molar-refractivity contribution is -0.117. The van der Waals surface area contributed by atoms with Crippen LogP contribution < -0.4 is 10.1 Å². The maximum absolute atomic E-state index is 13.7. The van der Waals surface area contributed by atoms with Gasteiger partial charge in [-0.3, -0.25) is 4.79 Å². The highest BCUT2D eigenvalue weighted by atomic mass is 19.1. The van der Waals surface area contributed by atoms with Gasteiger partial charge in [-0.25, -0.2) is 4.39 Å². The predicted octanol–water partition coefficient (Wildman–Crippen LogP) is 5.19. The molecule has 5 heteroatoms. The summed E-state index contributed by atoms with van der Waals surface area (Å²) < 4.78 is 19.3. The first-order valence-corrected chi connectivity index (χ1v) is 9.50. The number of nitriles is 1. The number of nitrogens with one attached hydrogen (secondary N) is 1. The predicted molar refractivity (Wildman–Crippen MR) is 114 cm³/mol. The zero-order chi connectivity index (χ0) is 21.3. The number of benzene rings is 3. The molecule has 0 bridgehead atoms. The van der Waals surface area contributed by atoms with E-state index in [0.717, 1.165) is 5.56 Å². The first-order chi connectivity index (χ1) is 14.6. The third kappa shape index (κ3) is 5.55. The van der Waals surface area contributed by atoms with Crippen LogP contribution in [0.1, 0.15) is 29.7 Å². The van der Waals surface area contributed by atoms with Gasteiger partial charge in [-0.15, -0.1) is 0 Å². The van der Waals surface area contributed by atoms with Crippen LogP contribution in [0, 0.1) is 17.1 Å². The number of amides is 1. The second-order valence-corrected chi connectivity index (χ2v) is 6.72. The van der Waals surface area contributed by atoms with E-state index in [-0.39, 0.29) is 24.0 Å². The van der Waals surface area contributed by atoms with Gasteiger partial charge >= 0.3 is 0 Å². The number of halogens is 1. The molecule has 1 amide bonds. The molecule has 0 heterocycles. The fourth-order valence-electron chi connectivity index (χ4n) is 2.85. The van der Waals surface area contributed by atoms with E-state index in [4.69, 9.17) is 4.74 Å². The van der Waals surface area contributed by atoms with Crippen LogP contribution in [0.3, 0.4) is 0 Å². The molecule has 3 rings (SSSR count). The molecule has 30 heavy (non-hydrogen) atoms. The molecule has 4 nitrogen and oxygen atoms in total. The monoisotopic (exact) mass is 400 g/mol. The molecule has 0 aliphatic carbocycles. The Morgan fingerprint density at radius 3 is 2.40 bits per heavy atom. The lowest BCUT2D eigenvalue weighted by Gasteiger charge is -2.13. The van der Waals surface area contributed by atoms with E-state index in [1.807, 2.05) is 43.3 Å². The minimum Gasteiger partial charge on any atom is -0.489 e. The molecule has 0 aliphatic heterocycles. The summed E-state index contributed by atoms with van der Waals surface area (Å²) in [6.07, 6.45) is 1.52. The zero-order valence-electron chi connectivity index (χ0n) is 16.5. The molecule has 0 spiro atoms. The number of nitrogens with zero attached hydrogens (tertiary/aromatic N) is 1. The van der Waals surface area contributed by atoms with E-state index in [1.54, 1.807) is 42.5 Å². The summed E-state index contributed by atoms with van der Waals surface area (Å²) in [6, 6.07) is 24.6. The van der Waals surface area contributed by atoms with Crippen molar-refractivity contribution >= 4 is 12.0 Å². The molecule has 3 aromatic carbocycles. The lowest BCUT2D eigenvalue weighted by Crippen LogP contribution is -2.27. The number of hydrogen-bond donors (Lipinski definition) is 1. The van der Waals surface area contributed by atoms with Crippen molar-refractivity contribution in [2.24, 2.45) is 0 Å². The van der Waals surface area contributed by atoms with E-state index in [2.05, 4.69) is 5.32 Å². The van der Waals surface area contributed by atoms with Crippen LogP contribution in [0.25, 0.3) is 6.08 Å². The van der Waals surface area contributed by atoms with Gasteiger partial charge in [-0.05, 0) is 42.3 Å². The quantitative estimate of drug-likeness (QED) is 0.439. The minimum absolute atomic E-state index is 0.0119. The normalized spacial score (nSPS) is 12.0. The molecule has 0 aliphatic rings. The van der Waals surface area contributed by atoms with Gasteiger partial charge < -0.3 is 10.1 Å². The molecule has 0 aromatic heterocycles. The maximum atomic E-state index is 13.7. The van der Waals surface area contributed by atoms with Crippen molar-refractivity contribution < 1.29 is 13.9 Å². The average molecular weight is 400 g/mol. The molecule has 3 aromatic rings. The fourth-order valence-corrected chi connectivity index (χ4v) is 2.85. The van der Waals surface area contributed by atoms with Crippen LogP contribution in [0.5, 0.6) is 5.75 Å². The number of carbonyl (C=O) groups is 1. The van der Waals surface area contributed by atoms with Crippen molar-refractivity contribution in [3.63, 3.8) is 0 Å². The van der Waals surface area contributed by atoms with E-state index < -0.39 is 5.91 Å². The van der Waals surface area contributed by atoms with E-state index in [0.29, 0.717) is 16.9 Å². The largest absolute Gasteiger partial charge is 0.489 e. The van der Waals surface area contributed by atoms with Gasteiger partial charge in [0, 0.05) is 5.56 Å². The third-order valence-corrected chi connectivity index (χ3v) is 4.56. The molecule has 0 fully saturated rings. The van der Waals surface area contributed by atoms with Gasteiger partial charge in [-0.1, -0.05) is 60.7 Å². The summed E-state index contributed by atoms with van der Waals surface area (Å²) in [5.74, 6) is -0.184. The molecular weight excluding hydrogens is 379 g/mol. The van der Waals surface area contributed by atoms with E-state index in [1.165, 1.54) is 12.1 Å². The Bertz CT molecular complexity index is 1070. The van der Waals surface area contributed by atoms with Crippen LogP contribution in [-0.4, -0.2) is 5.91 Å². The zero-order valence-corrected chi connectivity index (χ0v) is 16.5. The number of hydrogen-bond acceptors (Lipinski definition) is 3. The van der Waals surface area contributed by atoms with Gasteiger partial charge in [0.2, 0.25) is 0 Å². The Balaban J connectivity index is 1.63. The Morgan fingerprint density at radius 2 is 1.73 bits per heavy atom. The second-order valence-electron chi connectivity index (χ2n) is 6.72. The summed E-state index contributed by atoms with van der Waals surface area (Å²) in [7, 11) is 0. The highest BCUT2D eigenvalue weighted by Crippen LogP contribution is 2.18. The molecule has 1 atom stereocenters. The van der Waals surface area contributed by atoms with Gasteiger partial charge in [0.1, 0.15) is 29.8 Å². The SMILES string of the molecule is C[C@@H](NC(=O)/C(C#N)=C/c1ccc(OCc2ccccc2F)cc1)c1ccccc1. The van der Waals surface area contributed by atoms with Crippen LogP contribution >= 0.6 is 0 Å². The topological polar surface area (TPSA) is 62.1 Å². The number of ether oxygens (including phenoxy) is 1. The molecule has 1 N–H and O–H groups in total. The summed E-state index contributed by atoms with van der Waals surface area (Å²) in [4.78, 5) is 12.5. The van der Waals surface area contributed by atoms with Gasteiger partial charge in [0.05, 0.1) is 6.04 Å². The van der Waals surface area contributed by atoms with Crippen LogP contribution in [-0.2, 0) is 11.4 Å². The average Bonchev–Trinajstić information content (AvgIpc) is 2.78. The van der Waals surface area contributed by atoms with E-state index in [9.17, 15) is 14.4 Å². The van der Waals surface area contributed by atoms with Crippen molar-refractivity contribution in [1.29, 1.82) is 5.26 Å². The van der Waals surface area contributed by atoms with Crippen molar-refractivity contribution in [3.8, 4) is 11.8 Å². The minimum atomic E-state index is -0.436. The van der Waals surface area contributed by atoms with E-state index >= 15 is 0 Å². The summed E-state index contributed by atoms with van der Waals surface area (Å²) >= 11 is 0. The number of carbonyl (C=O) groups excluding carboxylic acids is 1. The Labute approximate surface area is 175 Å². The summed E-state index contributed by atoms with van der Waals surface area (Å²) in [5, 5.41) is 12.2. The molecular formula is C25H21FN2O2. The van der Waals surface area contributed by atoms with Crippen molar-refractivity contribution in [2.75, 3.05) is 0 Å². The first kappa shape index (κ1) is 20.8. The highest BCUT2D eigenvalue weighted by molar-refractivity contribution is 6.01. The third-order valence-electron chi connectivity index (χ3n) is 4.56. The molecule has 0 saturated carbocycles. The maximum Gasteiger partial charge on any atom is 0.262 e. The molecule has 0 radical (unpaired) electrons. The van der Waals surface area contributed by atoms with Crippen molar-refractivity contribution in [2.45, 2.75) is 19.6 Å². The second kappa shape index (κ2) is 10.0. The highest BCUT2D eigenvalue weighted by Gasteiger charge is 2.13. The molecule has 0 unspecified atom stereocenters. The Kier molecular flexibility index (Phi) is 6.96. The van der Waals surface area contributed by atoms with Crippen LogP contribution in [0.15, 0.2) is 84.4 Å². The summed E-state index contributed by atoms with van der Waals surface area (Å²) in [5.41, 5.74) is 2.13. The Morgan fingerprint density at radius 1 is 1.07 bits per heavy atom. The molecule has 150 valence electrons. The number of rotatable bonds is 7. The van der Waals surface area contributed by atoms with Gasteiger partial charge in [0.15, 0.2) is 0 Å². The molecule has 0 saturated heterocycles. The fraction of sp³-hybridized carbons (Fsp3) is 0.120. The van der Waals surface area contributed by atoms with Crippen LogP contribution in [0.2, 0.25) is 0 Å². The van der Waals surface area contributed by atoms with Crippen molar-refractivity contribution in [1.82, 2.24) is 5.32 Å². The lowest BCUT2D eigenvalue weighted by atomic mass is 10.1. The van der Waals surface area contributed by atoms with Gasteiger partial charge in [0.25, 0.3) is 5.91 Å². The summed E-state index contributed by atoms with van der Waals surface area (Å²) in [6.45, 7) is 1.98. The standard InChI is InChI=1S/C25H21FN2O2/c1-18(20-7-3-2-4-8-20)28-25(29)22(16-27)15-19-11-13-23(14-12-19)30-17-21-9-5-6-10-24(21)26/h2-15,18H,17H2,1H3,(H,28,29)/b22-15+/t18-/m1/s1. The van der Waals surface area contributed by atoms with Crippen LogP contribution in [0.4, 0.5) is 4.39 Å². The Hall–Kier alpha value is -3.91. The smallest absolute Gasteiger partial charge is 0.262 e. The first-order valence-electron chi connectivity index (χ1n) is 9.50. The van der Waals surface area contributed by atoms with Crippen molar-refractivity contribution in [3.05, 3.63) is 107 Å².